The normalized spacial score (nSPS) is 16.8. The molecule has 0 spiro atoms. The average Bonchev–Trinajstić information content (AvgIpc) is 3.18. The Morgan fingerprint density at radius 2 is 2.14 bits per heavy atom. The molecule has 8 heteroatoms. The lowest BCUT2D eigenvalue weighted by molar-refractivity contribution is -0.121. The number of benzene rings is 1. The number of halogens is 2. The van der Waals surface area contributed by atoms with E-state index in [9.17, 15) is 9.59 Å². The second-order valence-corrected chi connectivity index (χ2v) is 8.65. The van der Waals surface area contributed by atoms with Gasteiger partial charge in [-0.3, -0.25) is 9.59 Å². The highest BCUT2D eigenvalue weighted by atomic mass is 35.5. The molecule has 5 nitrogen and oxygen atoms in total. The van der Waals surface area contributed by atoms with Crippen LogP contribution in [0.4, 0.5) is 0 Å². The van der Waals surface area contributed by atoms with Crippen molar-refractivity contribution in [2.45, 2.75) is 32.6 Å². The Hall–Kier alpha value is -1.63. The summed E-state index contributed by atoms with van der Waals surface area (Å²) in [6.45, 7) is 3.97. The molecule has 2 aromatic rings. The van der Waals surface area contributed by atoms with Gasteiger partial charge in [0.2, 0.25) is 5.91 Å². The number of hydrogen-bond donors (Lipinski definition) is 1. The van der Waals surface area contributed by atoms with Gasteiger partial charge in [-0.05, 0) is 37.3 Å². The number of amides is 2. The van der Waals surface area contributed by atoms with Crippen LogP contribution in [0.3, 0.4) is 0 Å². The first-order valence-corrected chi connectivity index (χ1v) is 11.1. The molecule has 1 aromatic carbocycles. The lowest BCUT2D eigenvalue weighted by Gasteiger charge is -2.32. The van der Waals surface area contributed by atoms with E-state index in [1.54, 1.807) is 17.5 Å². The smallest absolute Gasteiger partial charge is 0.273 e. The molecule has 1 saturated heterocycles. The van der Waals surface area contributed by atoms with Gasteiger partial charge in [0.25, 0.3) is 5.91 Å². The van der Waals surface area contributed by atoms with Gasteiger partial charge in [0, 0.05) is 37.0 Å². The molecule has 150 valence electrons. The number of carbonyl (C=O) groups excluding carboxylic acids is 2. The van der Waals surface area contributed by atoms with Crippen LogP contribution in [-0.4, -0.2) is 41.3 Å². The van der Waals surface area contributed by atoms with Crippen LogP contribution in [0.2, 0.25) is 10.0 Å². The molecule has 1 aliphatic rings. The molecular formula is C20H23Cl2N3O2S. The molecule has 28 heavy (non-hydrogen) atoms. The van der Waals surface area contributed by atoms with Crippen molar-refractivity contribution >= 4 is 46.4 Å². The fraction of sp³-hybridized carbons (Fsp3) is 0.450. The van der Waals surface area contributed by atoms with Crippen molar-refractivity contribution in [3.8, 4) is 10.6 Å². The minimum Gasteiger partial charge on any atom is -0.356 e. The second-order valence-electron chi connectivity index (χ2n) is 6.98. The lowest BCUT2D eigenvalue weighted by Crippen LogP contribution is -2.43. The number of piperidine rings is 1. The first kappa shape index (κ1) is 21.1. The van der Waals surface area contributed by atoms with Crippen molar-refractivity contribution in [3.63, 3.8) is 0 Å². The van der Waals surface area contributed by atoms with Crippen molar-refractivity contribution in [3.05, 3.63) is 39.3 Å². The summed E-state index contributed by atoms with van der Waals surface area (Å²) >= 11 is 13.5. The maximum absolute atomic E-state index is 12.9. The summed E-state index contributed by atoms with van der Waals surface area (Å²) in [5.74, 6) is 0.301. The van der Waals surface area contributed by atoms with E-state index in [4.69, 9.17) is 23.2 Å². The Morgan fingerprint density at radius 1 is 1.32 bits per heavy atom. The van der Waals surface area contributed by atoms with Gasteiger partial charge in [-0.1, -0.05) is 36.2 Å². The van der Waals surface area contributed by atoms with Gasteiger partial charge in [0.15, 0.2) is 0 Å². The molecule has 0 aliphatic carbocycles. The predicted octanol–water partition coefficient (Wildman–Crippen LogP) is 4.89. The van der Waals surface area contributed by atoms with Crippen LogP contribution in [0.25, 0.3) is 10.6 Å². The van der Waals surface area contributed by atoms with E-state index in [1.807, 2.05) is 17.9 Å². The molecule has 0 bridgehead atoms. The summed E-state index contributed by atoms with van der Waals surface area (Å²) in [6, 6.07) is 5.33. The van der Waals surface area contributed by atoms with E-state index in [1.165, 1.54) is 11.3 Å². The van der Waals surface area contributed by atoms with E-state index in [2.05, 4.69) is 10.3 Å². The Labute approximate surface area is 179 Å². The van der Waals surface area contributed by atoms with Crippen LogP contribution in [0.15, 0.2) is 23.6 Å². The van der Waals surface area contributed by atoms with E-state index in [0.717, 1.165) is 36.4 Å². The van der Waals surface area contributed by atoms with Crippen LogP contribution < -0.4 is 5.32 Å². The summed E-state index contributed by atoms with van der Waals surface area (Å²) in [5, 5.41) is 6.45. The summed E-state index contributed by atoms with van der Waals surface area (Å²) in [7, 11) is 0. The van der Waals surface area contributed by atoms with E-state index in [0.29, 0.717) is 35.2 Å². The van der Waals surface area contributed by atoms with Crippen LogP contribution in [0, 0.1) is 5.92 Å². The highest BCUT2D eigenvalue weighted by Gasteiger charge is 2.26. The number of nitrogens with zero attached hydrogens (tertiary/aromatic N) is 2. The SMILES string of the molecule is CCCC(=O)NCC1CCCN(C(=O)c2csc(-c3ccc(Cl)c(Cl)c3)n2)C1. The zero-order chi connectivity index (χ0) is 20.1. The van der Waals surface area contributed by atoms with Crippen molar-refractivity contribution < 1.29 is 9.59 Å². The number of aromatic nitrogens is 1. The molecule has 1 aromatic heterocycles. The summed E-state index contributed by atoms with van der Waals surface area (Å²) in [4.78, 5) is 30.9. The highest BCUT2D eigenvalue weighted by Crippen LogP contribution is 2.30. The third-order valence-electron chi connectivity index (χ3n) is 4.76. The van der Waals surface area contributed by atoms with Gasteiger partial charge in [-0.2, -0.15) is 0 Å². The second kappa shape index (κ2) is 9.72. The summed E-state index contributed by atoms with van der Waals surface area (Å²) < 4.78 is 0. The minimum atomic E-state index is -0.0628. The molecule has 1 unspecified atom stereocenters. The quantitative estimate of drug-likeness (QED) is 0.696. The molecular weight excluding hydrogens is 417 g/mol. The number of thiazole rings is 1. The number of likely N-dealkylation sites (tertiary alicyclic amines) is 1. The van der Waals surface area contributed by atoms with Gasteiger partial charge in [0.1, 0.15) is 10.7 Å². The van der Waals surface area contributed by atoms with Gasteiger partial charge in [-0.25, -0.2) is 4.98 Å². The van der Waals surface area contributed by atoms with Crippen molar-refractivity contribution in [2.75, 3.05) is 19.6 Å². The van der Waals surface area contributed by atoms with Crippen LogP contribution in [0.1, 0.15) is 43.1 Å². The Kier molecular flexibility index (Phi) is 7.32. The molecule has 0 radical (unpaired) electrons. The van der Waals surface area contributed by atoms with Crippen LogP contribution in [-0.2, 0) is 4.79 Å². The zero-order valence-electron chi connectivity index (χ0n) is 15.7. The van der Waals surface area contributed by atoms with Crippen molar-refractivity contribution in [1.82, 2.24) is 15.2 Å². The number of rotatable bonds is 6. The Balaban J connectivity index is 1.62. The fourth-order valence-electron chi connectivity index (χ4n) is 3.29. The molecule has 1 atom stereocenters. The van der Waals surface area contributed by atoms with Crippen molar-refractivity contribution in [2.24, 2.45) is 5.92 Å². The molecule has 2 amide bonds. The third kappa shape index (κ3) is 5.25. The first-order valence-electron chi connectivity index (χ1n) is 9.44. The number of carbonyl (C=O) groups is 2. The third-order valence-corrected chi connectivity index (χ3v) is 6.39. The number of hydrogen-bond acceptors (Lipinski definition) is 4. The standard InChI is InChI=1S/C20H23Cl2N3O2S/c1-2-4-18(26)23-10-13-5-3-8-25(11-13)20(27)17-12-28-19(24-17)14-6-7-15(21)16(22)9-14/h6-7,9,12-13H,2-5,8,10-11H2,1H3,(H,23,26). The zero-order valence-corrected chi connectivity index (χ0v) is 18.0. The molecule has 2 heterocycles. The lowest BCUT2D eigenvalue weighted by atomic mass is 9.97. The Bertz CT molecular complexity index is 856. The first-order chi connectivity index (χ1) is 13.5. The number of nitrogens with one attached hydrogen (secondary N) is 1. The van der Waals surface area contributed by atoms with E-state index < -0.39 is 0 Å². The molecule has 1 aliphatic heterocycles. The topological polar surface area (TPSA) is 62.3 Å². The molecule has 0 saturated carbocycles. The van der Waals surface area contributed by atoms with Gasteiger partial charge in [0.05, 0.1) is 10.0 Å². The largest absolute Gasteiger partial charge is 0.356 e. The molecule has 3 rings (SSSR count). The average molecular weight is 440 g/mol. The van der Waals surface area contributed by atoms with E-state index >= 15 is 0 Å². The molecule has 1 fully saturated rings. The van der Waals surface area contributed by atoms with E-state index in [-0.39, 0.29) is 17.7 Å². The van der Waals surface area contributed by atoms with Crippen molar-refractivity contribution in [1.29, 1.82) is 0 Å². The maximum Gasteiger partial charge on any atom is 0.273 e. The monoisotopic (exact) mass is 439 g/mol. The van der Waals surface area contributed by atoms with Crippen LogP contribution >= 0.6 is 34.5 Å². The summed E-state index contributed by atoms with van der Waals surface area (Å²) in [5.41, 5.74) is 1.29. The van der Waals surface area contributed by atoms with Gasteiger partial charge in [-0.15, -0.1) is 11.3 Å². The predicted molar refractivity (Wildman–Crippen MR) is 114 cm³/mol. The van der Waals surface area contributed by atoms with Crippen LogP contribution in [0.5, 0.6) is 0 Å². The summed E-state index contributed by atoms with van der Waals surface area (Å²) in [6.07, 6.45) is 3.34. The fourth-order valence-corrected chi connectivity index (χ4v) is 4.37. The highest BCUT2D eigenvalue weighted by molar-refractivity contribution is 7.13. The van der Waals surface area contributed by atoms with Gasteiger partial charge < -0.3 is 10.2 Å². The van der Waals surface area contributed by atoms with Gasteiger partial charge >= 0.3 is 0 Å². The maximum atomic E-state index is 12.9. The minimum absolute atomic E-state index is 0.0628. The Morgan fingerprint density at radius 3 is 2.89 bits per heavy atom. The molecule has 1 N–H and O–H groups in total.